The van der Waals surface area contributed by atoms with Crippen molar-refractivity contribution in [2.24, 2.45) is 0 Å². The average Bonchev–Trinajstić information content (AvgIpc) is 2.24. The highest BCUT2D eigenvalue weighted by molar-refractivity contribution is 9.10. The van der Waals surface area contributed by atoms with E-state index in [1.165, 1.54) is 6.07 Å². The molecule has 0 aliphatic rings. The van der Waals surface area contributed by atoms with Crippen LogP contribution in [0.15, 0.2) is 16.6 Å². The second-order valence-corrected chi connectivity index (χ2v) is 5.05. The molecular formula is C12H15BrF2O2. The number of hydrogen-bond acceptors (Lipinski definition) is 2. The third-order valence-electron chi connectivity index (χ3n) is 2.53. The number of aliphatic hydroxyl groups excluding tert-OH is 1. The van der Waals surface area contributed by atoms with Gasteiger partial charge in [0.2, 0.25) is 0 Å². The van der Waals surface area contributed by atoms with Gasteiger partial charge in [-0.1, -0.05) is 0 Å². The molecule has 96 valence electrons. The van der Waals surface area contributed by atoms with Crippen LogP contribution in [0.2, 0.25) is 0 Å². The van der Waals surface area contributed by atoms with E-state index in [1.807, 2.05) is 0 Å². The maximum atomic E-state index is 13.8. The molecule has 1 N–H and O–H groups in total. The summed E-state index contributed by atoms with van der Waals surface area (Å²) in [7, 11) is 0. The van der Waals surface area contributed by atoms with E-state index < -0.39 is 23.3 Å². The summed E-state index contributed by atoms with van der Waals surface area (Å²) >= 11 is 2.96. The average molecular weight is 309 g/mol. The lowest BCUT2D eigenvalue weighted by Gasteiger charge is -2.31. The maximum Gasteiger partial charge on any atom is 0.146 e. The molecule has 0 aliphatic carbocycles. The summed E-state index contributed by atoms with van der Waals surface area (Å²) in [6.45, 7) is 5.27. The Labute approximate surface area is 108 Å². The largest absolute Gasteiger partial charge is 0.385 e. The van der Waals surface area contributed by atoms with Gasteiger partial charge >= 0.3 is 0 Å². The lowest BCUT2D eigenvalue weighted by Crippen LogP contribution is -2.34. The molecule has 1 atom stereocenters. The summed E-state index contributed by atoms with van der Waals surface area (Å²) < 4.78 is 32.8. The minimum absolute atomic E-state index is 0.111. The summed E-state index contributed by atoms with van der Waals surface area (Å²) in [6, 6.07) is 2.36. The lowest BCUT2D eigenvalue weighted by atomic mass is 9.93. The quantitative estimate of drug-likeness (QED) is 0.862. The van der Waals surface area contributed by atoms with Crippen molar-refractivity contribution < 1.29 is 18.6 Å². The Kier molecular flexibility index (Phi) is 4.63. The van der Waals surface area contributed by atoms with Gasteiger partial charge in [0, 0.05) is 6.61 Å². The van der Waals surface area contributed by atoms with Gasteiger partial charge in [-0.05, 0) is 48.8 Å². The molecule has 0 bridgehead atoms. The zero-order chi connectivity index (χ0) is 13.2. The van der Waals surface area contributed by atoms with Gasteiger partial charge in [-0.15, -0.1) is 0 Å². The topological polar surface area (TPSA) is 29.5 Å². The van der Waals surface area contributed by atoms with Gasteiger partial charge < -0.3 is 9.84 Å². The monoisotopic (exact) mass is 308 g/mol. The molecule has 0 spiro atoms. The Morgan fingerprint density at radius 1 is 1.41 bits per heavy atom. The number of rotatable bonds is 4. The molecule has 2 nitrogen and oxygen atoms in total. The Balaban J connectivity index is 3.20. The van der Waals surface area contributed by atoms with Crippen LogP contribution in [0.3, 0.4) is 0 Å². The predicted molar refractivity (Wildman–Crippen MR) is 64.7 cm³/mol. The highest BCUT2D eigenvalue weighted by atomic mass is 79.9. The van der Waals surface area contributed by atoms with Crippen LogP contribution in [0, 0.1) is 11.6 Å². The van der Waals surface area contributed by atoms with E-state index in [1.54, 1.807) is 20.8 Å². The van der Waals surface area contributed by atoms with E-state index in [4.69, 9.17) is 4.74 Å². The van der Waals surface area contributed by atoms with E-state index in [0.29, 0.717) is 6.61 Å². The van der Waals surface area contributed by atoms with Gasteiger partial charge in [0.15, 0.2) is 0 Å². The first-order chi connectivity index (χ1) is 7.81. The van der Waals surface area contributed by atoms with Gasteiger partial charge in [-0.25, -0.2) is 8.78 Å². The molecule has 0 aromatic heterocycles. The van der Waals surface area contributed by atoms with Crippen LogP contribution in [0.25, 0.3) is 0 Å². The fourth-order valence-electron chi connectivity index (χ4n) is 1.59. The van der Waals surface area contributed by atoms with E-state index in [9.17, 15) is 13.9 Å². The van der Waals surface area contributed by atoms with Crippen molar-refractivity contribution >= 4 is 15.9 Å². The van der Waals surface area contributed by atoms with Crippen LogP contribution in [0.4, 0.5) is 8.78 Å². The fourth-order valence-corrected chi connectivity index (χ4v) is 1.94. The molecule has 5 heteroatoms. The van der Waals surface area contributed by atoms with Gasteiger partial charge in [-0.3, -0.25) is 0 Å². The zero-order valence-corrected chi connectivity index (χ0v) is 11.5. The highest BCUT2D eigenvalue weighted by Crippen LogP contribution is 2.34. The minimum Gasteiger partial charge on any atom is -0.385 e. The molecule has 0 radical (unpaired) electrons. The number of benzene rings is 1. The first-order valence-corrected chi connectivity index (χ1v) is 6.06. The van der Waals surface area contributed by atoms with Gasteiger partial charge in [0.05, 0.1) is 15.6 Å². The summed E-state index contributed by atoms with van der Waals surface area (Å²) in [5.74, 6) is -1.59. The van der Waals surface area contributed by atoms with Crippen LogP contribution in [-0.4, -0.2) is 17.3 Å². The fraction of sp³-hybridized carbons (Fsp3) is 0.500. The molecular weight excluding hydrogens is 294 g/mol. The van der Waals surface area contributed by atoms with E-state index in [-0.39, 0.29) is 10.0 Å². The summed E-state index contributed by atoms with van der Waals surface area (Å²) in [6.07, 6.45) is -1.38. The Bertz CT molecular complexity index is 408. The molecule has 1 aromatic rings. The van der Waals surface area contributed by atoms with Crippen LogP contribution in [0.5, 0.6) is 0 Å². The smallest absolute Gasteiger partial charge is 0.146 e. The van der Waals surface area contributed by atoms with Crippen molar-refractivity contribution in [3.05, 3.63) is 33.8 Å². The Morgan fingerprint density at radius 3 is 2.53 bits per heavy atom. The van der Waals surface area contributed by atoms with E-state index in [2.05, 4.69) is 15.9 Å². The summed E-state index contributed by atoms with van der Waals surface area (Å²) in [5.41, 5.74) is -1.44. The number of halogens is 3. The first kappa shape index (κ1) is 14.5. The third kappa shape index (κ3) is 3.03. The lowest BCUT2D eigenvalue weighted by molar-refractivity contribution is -0.101. The SMILES string of the molecule is CCOC(C)(C)C(O)c1c(F)ccc(Br)c1F. The third-order valence-corrected chi connectivity index (χ3v) is 3.14. The predicted octanol–water partition coefficient (Wildman–Crippen LogP) is 3.58. The highest BCUT2D eigenvalue weighted by Gasteiger charge is 2.34. The van der Waals surface area contributed by atoms with Crippen LogP contribution in [0.1, 0.15) is 32.4 Å². The van der Waals surface area contributed by atoms with Crippen LogP contribution < -0.4 is 0 Å². The molecule has 0 fully saturated rings. The molecule has 17 heavy (non-hydrogen) atoms. The molecule has 1 unspecified atom stereocenters. The van der Waals surface area contributed by atoms with Crippen molar-refractivity contribution in [2.75, 3.05) is 6.61 Å². The molecule has 0 heterocycles. The van der Waals surface area contributed by atoms with Crippen molar-refractivity contribution in [1.82, 2.24) is 0 Å². The maximum absolute atomic E-state index is 13.8. The molecule has 0 saturated heterocycles. The number of aliphatic hydroxyl groups is 1. The Hall–Kier alpha value is -0.520. The number of hydrogen-bond donors (Lipinski definition) is 1. The van der Waals surface area contributed by atoms with Crippen molar-refractivity contribution in [3.63, 3.8) is 0 Å². The van der Waals surface area contributed by atoms with Gasteiger partial charge in [0.1, 0.15) is 17.7 Å². The second-order valence-electron chi connectivity index (χ2n) is 4.20. The van der Waals surface area contributed by atoms with E-state index in [0.717, 1.165) is 6.07 Å². The Morgan fingerprint density at radius 2 is 2.00 bits per heavy atom. The van der Waals surface area contributed by atoms with Crippen molar-refractivity contribution in [3.8, 4) is 0 Å². The molecule has 0 aliphatic heterocycles. The number of ether oxygens (including phenoxy) is 1. The van der Waals surface area contributed by atoms with Crippen molar-refractivity contribution in [1.29, 1.82) is 0 Å². The first-order valence-electron chi connectivity index (χ1n) is 5.26. The molecule has 1 rings (SSSR count). The van der Waals surface area contributed by atoms with Crippen LogP contribution in [-0.2, 0) is 4.74 Å². The van der Waals surface area contributed by atoms with Gasteiger partial charge in [-0.2, -0.15) is 0 Å². The second kappa shape index (κ2) is 5.42. The zero-order valence-electron chi connectivity index (χ0n) is 9.93. The van der Waals surface area contributed by atoms with Crippen molar-refractivity contribution in [2.45, 2.75) is 32.5 Å². The van der Waals surface area contributed by atoms with Gasteiger partial charge in [0.25, 0.3) is 0 Å². The van der Waals surface area contributed by atoms with Crippen LogP contribution >= 0.6 is 15.9 Å². The normalized spacial score (nSPS) is 13.8. The molecule has 1 aromatic carbocycles. The standard InChI is InChI=1S/C12H15BrF2O2/c1-4-17-12(2,3)11(16)9-8(14)6-5-7(13)10(9)15/h5-6,11,16H,4H2,1-3H3. The molecule has 0 amide bonds. The summed E-state index contributed by atoms with van der Waals surface area (Å²) in [5, 5.41) is 10.0. The van der Waals surface area contributed by atoms with E-state index >= 15 is 0 Å². The molecule has 0 saturated carbocycles. The summed E-state index contributed by atoms with van der Waals surface area (Å²) in [4.78, 5) is 0. The minimum atomic E-state index is -1.38.